The van der Waals surface area contributed by atoms with E-state index in [2.05, 4.69) is 17.9 Å². The number of hydrogen-bond acceptors (Lipinski definition) is 2. The van der Waals surface area contributed by atoms with Gasteiger partial charge in [0.2, 0.25) is 5.91 Å². The topological polar surface area (TPSA) is 29.5 Å². The van der Waals surface area contributed by atoms with Crippen molar-refractivity contribution < 1.29 is 9.53 Å². The van der Waals surface area contributed by atoms with Gasteiger partial charge in [-0.2, -0.15) is 0 Å². The third-order valence-electron chi connectivity index (χ3n) is 4.82. The van der Waals surface area contributed by atoms with Crippen LogP contribution in [0.25, 0.3) is 0 Å². The number of nitrogens with zero attached hydrogens (tertiary/aromatic N) is 1. The minimum atomic E-state index is 0.339. The molecule has 3 atom stereocenters. The lowest BCUT2D eigenvalue weighted by atomic mass is 9.92. The standard InChI is InChI=1S/C16H25NO2/c1-12-9-14-11-17(8-7-15(14)19-12)16(18)10-13-5-3-2-4-6-13/h5,12,14-15H,2-4,6-11H2,1H3/t12-,14-,15-/m1/s1. The van der Waals surface area contributed by atoms with Crippen LogP contribution in [-0.2, 0) is 9.53 Å². The molecule has 0 N–H and O–H groups in total. The minimum Gasteiger partial charge on any atom is -0.375 e. The highest BCUT2D eigenvalue weighted by atomic mass is 16.5. The molecule has 2 fully saturated rings. The summed E-state index contributed by atoms with van der Waals surface area (Å²) in [4.78, 5) is 14.5. The molecule has 2 saturated heterocycles. The van der Waals surface area contributed by atoms with Gasteiger partial charge in [0, 0.05) is 25.4 Å². The maximum atomic E-state index is 12.4. The minimum absolute atomic E-state index is 0.339. The van der Waals surface area contributed by atoms with Crippen LogP contribution in [0.2, 0.25) is 0 Å². The first kappa shape index (κ1) is 13.2. The van der Waals surface area contributed by atoms with Crippen molar-refractivity contribution in [3.05, 3.63) is 11.6 Å². The van der Waals surface area contributed by atoms with Crippen molar-refractivity contribution in [1.29, 1.82) is 0 Å². The smallest absolute Gasteiger partial charge is 0.226 e. The van der Waals surface area contributed by atoms with Gasteiger partial charge in [-0.05, 0) is 45.4 Å². The molecule has 0 bridgehead atoms. The zero-order valence-corrected chi connectivity index (χ0v) is 11.9. The number of hydrogen-bond donors (Lipinski definition) is 0. The summed E-state index contributed by atoms with van der Waals surface area (Å²) < 4.78 is 5.89. The van der Waals surface area contributed by atoms with Gasteiger partial charge in [0.15, 0.2) is 0 Å². The van der Waals surface area contributed by atoms with Crippen LogP contribution in [0, 0.1) is 5.92 Å². The number of ether oxygens (including phenoxy) is 1. The molecule has 0 aromatic rings. The van der Waals surface area contributed by atoms with Crippen LogP contribution >= 0.6 is 0 Å². The zero-order chi connectivity index (χ0) is 13.2. The van der Waals surface area contributed by atoms with E-state index in [0.717, 1.165) is 32.4 Å². The number of likely N-dealkylation sites (tertiary alicyclic amines) is 1. The Bertz CT molecular complexity index is 377. The second-order valence-electron chi connectivity index (χ2n) is 6.39. The Hall–Kier alpha value is -0.830. The summed E-state index contributed by atoms with van der Waals surface area (Å²) in [5, 5.41) is 0. The fraction of sp³-hybridized carbons (Fsp3) is 0.812. The van der Waals surface area contributed by atoms with Gasteiger partial charge in [-0.3, -0.25) is 4.79 Å². The summed E-state index contributed by atoms with van der Waals surface area (Å²) in [5.74, 6) is 0.916. The van der Waals surface area contributed by atoms with Crippen molar-refractivity contribution in [2.75, 3.05) is 13.1 Å². The fourth-order valence-corrected chi connectivity index (χ4v) is 3.79. The van der Waals surface area contributed by atoms with E-state index in [1.165, 1.54) is 24.8 Å². The van der Waals surface area contributed by atoms with Crippen LogP contribution in [-0.4, -0.2) is 36.1 Å². The summed E-state index contributed by atoms with van der Waals surface area (Å²) in [6.07, 6.45) is 10.7. The van der Waals surface area contributed by atoms with Gasteiger partial charge < -0.3 is 9.64 Å². The summed E-state index contributed by atoms with van der Waals surface area (Å²) >= 11 is 0. The highest BCUT2D eigenvalue weighted by Gasteiger charge is 2.38. The number of rotatable bonds is 2. The van der Waals surface area contributed by atoms with Crippen molar-refractivity contribution in [3.63, 3.8) is 0 Å². The number of carbonyl (C=O) groups is 1. The summed E-state index contributed by atoms with van der Waals surface area (Å²) in [5.41, 5.74) is 1.37. The first-order valence-electron chi connectivity index (χ1n) is 7.83. The maximum absolute atomic E-state index is 12.4. The molecule has 0 unspecified atom stereocenters. The van der Waals surface area contributed by atoms with E-state index in [-0.39, 0.29) is 0 Å². The predicted molar refractivity (Wildman–Crippen MR) is 74.8 cm³/mol. The van der Waals surface area contributed by atoms with Crippen LogP contribution in [0.5, 0.6) is 0 Å². The molecule has 106 valence electrons. The van der Waals surface area contributed by atoms with Gasteiger partial charge >= 0.3 is 0 Å². The lowest BCUT2D eigenvalue weighted by Gasteiger charge is -2.34. The Labute approximate surface area is 116 Å². The number of fused-ring (bicyclic) bond motifs is 1. The fourth-order valence-electron chi connectivity index (χ4n) is 3.79. The van der Waals surface area contributed by atoms with Crippen LogP contribution in [0.3, 0.4) is 0 Å². The van der Waals surface area contributed by atoms with Crippen molar-refractivity contribution in [2.24, 2.45) is 5.92 Å². The van der Waals surface area contributed by atoms with Crippen molar-refractivity contribution in [1.82, 2.24) is 4.90 Å². The molecule has 3 nitrogen and oxygen atoms in total. The lowest BCUT2D eigenvalue weighted by Crippen LogP contribution is -2.44. The molecule has 1 amide bonds. The normalized spacial score (nSPS) is 34.9. The Morgan fingerprint density at radius 3 is 3.16 bits per heavy atom. The van der Waals surface area contributed by atoms with Crippen LogP contribution in [0.15, 0.2) is 11.6 Å². The Kier molecular flexibility index (Phi) is 3.92. The largest absolute Gasteiger partial charge is 0.375 e. The Balaban J connectivity index is 1.54. The summed E-state index contributed by atoms with van der Waals surface area (Å²) in [6.45, 7) is 3.96. The molecule has 3 rings (SSSR count). The second kappa shape index (κ2) is 5.66. The van der Waals surface area contributed by atoms with E-state index in [1.54, 1.807) is 0 Å². The molecule has 3 aliphatic rings. The van der Waals surface area contributed by atoms with Gasteiger partial charge in [-0.15, -0.1) is 0 Å². The molecular weight excluding hydrogens is 238 g/mol. The molecule has 3 heteroatoms. The molecule has 2 heterocycles. The van der Waals surface area contributed by atoms with Gasteiger partial charge in [0.1, 0.15) is 0 Å². The van der Waals surface area contributed by atoms with E-state index in [9.17, 15) is 4.79 Å². The van der Waals surface area contributed by atoms with E-state index in [4.69, 9.17) is 4.74 Å². The number of piperidine rings is 1. The van der Waals surface area contributed by atoms with E-state index in [1.807, 2.05) is 0 Å². The average molecular weight is 263 g/mol. The molecule has 0 spiro atoms. The van der Waals surface area contributed by atoms with E-state index >= 15 is 0 Å². The predicted octanol–water partition coefficient (Wildman–Crippen LogP) is 2.90. The van der Waals surface area contributed by atoms with Crippen molar-refractivity contribution >= 4 is 5.91 Å². The Morgan fingerprint density at radius 2 is 2.37 bits per heavy atom. The SMILES string of the molecule is C[C@@H]1C[C@@H]2CN(C(=O)CC3=CCCCC3)CC[C@H]2O1. The first-order chi connectivity index (χ1) is 9.22. The molecule has 19 heavy (non-hydrogen) atoms. The molecular formula is C16H25NO2. The van der Waals surface area contributed by atoms with Gasteiger partial charge in [-0.25, -0.2) is 0 Å². The Morgan fingerprint density at radius 1 is 1.47 bits per heavy atom. The van der Waals surface area contributed by atoms with Crippen molar-refractivity contribution in [2.45, 2.75) is 64.1 Å². The van der Waals surface area contributed by atoms with Gasteiger partial charge in [-0.1, -0.05) is 11.6 Å². The van der Waals surface area contributed by atoms with Gasteiger partial charge in [0.25, 0.3) is 0 Å². The number of carbonyl (C=O) groups excluding carboxylic acids is 1. The van der Waals surface area contributed by atoms with Crippen LogP contribution in [0.1, 0.15) is 51.9 Å². The monoisotopic (exact) mass is 263 g/mol. The van der Waals surface area contributed by atoms with Crippen LogP contribution in [0.4, 0.5) is 0 Å². The first-order valence-corrected chi connectivity index (χ1v) is 7.83. The zero-order valence-electron chi connectivity index (χ0n) is 11.9. The quantitative estimate of drug-likeness (QED) is 0.717. The highest BCUT2D eigenvalue weighted by molar-refractivity contribution is 5.78. The maximum Gasteiger partial charge on any atom is 0.226 e. The molecule has 2 aliphatic heterocycles. The summed E-state index contributed by atoms with van der Waals surface area (Å²) in [6, 6.07) is 0. The molecule has 0 aromatic heterocycles. The molecule has 0 aromatic carbocycles. The number of allylic oxidation sites excluding steroid dienone is 1. The third kappa shape index (κ3) is 3.02. The van der Waals surface area contributed by atoms with E-state index in [0.29, 0.717) is 30.5 Å². The van der Waals surface area contributed by atoms with Crippen molar-refractivity contribution in [3.8, 4) is 0 Å². The molecule has 1 aliphatic carbocycles. The van der Waals surface area contributed by atoms with Crippen LogP contribution < -0.4 is 0 Å². The third-order valence-corrected chi connectivity index (χ3v) is 4.82. The molecule has 0 radical (unpaired) electrons. The average Bonchev–Trinajstić information content (AvgIpc) is 2.78. The molecule has 0 saturated carbocycles. The summed E-state index contributed by atoms with van der Waals surface area (Å²) in [7, 11) is 0. The number of amides is 1. The lowest BCUT2D eigenvalue weighted by molar-refractivity contribution is -0.133. The van der Waals surface area contributed by atoms with Gasteiger partial charge in [0.05, 0.1) is 12.2 Å². The van der Waals surface area contributed by atoms with E-state index < -0.39 is 0 Å². The highest BCUT2D eigenvalue weighted by Crippen LogP contribution is 2.33. The second-order valence-corrected chi connectivity index (χ2v) is 6.39.